The fourth-order valence-corrected chi connectivity index (χ4v) is 6.10. The lowest BCUT2D eigenvalue weighted by atomic mass is 10.1. The summed E-state index contributed by atoms with van der Waals surface area (Å²) in [6, 6.07) is 12.3. The maximum atomic E-state index is 15.4. The fourth-order valence-electron chi connectivity index (χ4n) is 4.87. The van der Waals surface area contributed by atoms with Crippen LogP contribution in [-0.2, 0) is 16.6 Å². The Morgan fingerprint density at radius 1 is 1.16 bits per heavy atom. The standard InChI is InChI=1S/C27H27FN4O5S/c1-2-10-30-16-21(27(34)35)26(33)20-13-22(28)25(14-24(20)30)31-12-9-29-23(17-31)18-8-11-32(15-18)38(36,37)19-6-4-3-5-7-19/h3-8,11,13-16,23,29H,2,9-10,12,17H2,1H3,(H,34,35). The Morgan fingerprint density at radius 2 is 1.92 bits per heavy atom. The van der Waals surface area contributed by atoms with Crippen molar-refractivity contribution in [3.8, 4) is 0 Å². The van der Waals surface area contributed by atoms with E-state index >= 15 is 4.39 Å². The average Bonchev–Trinajstić information content (AvgIpc) is 3.42. The van der Waals surface area contributed by atoms with E-state index in [1.165, 1.54) is 28.5 Å². The molecule has 1 unspecified atom stereocenters. The van der Waals surface area contributed by atoms with E-state index in [2.05, 4.69) is 5.32 Å². The van der Waals surface area contributed by atoms with Crippen LogP contribution in [0.4, 0.5) is 10.1 Å². The summed E-state index contributed by atoms with van der Waals surface area (Å²) in [5, 5.41) is 12.8. The second kappa shape index (κ2) is 10.1. The molecule has 2 aromatic heterocycles. The van der Waals surface area contributed by atoms with Gasteiger partial charge in [0.05, 0.1) is 22.1 Å². The van der Waals surface area contributed by atoms with Crippen LogP contribution in [0, 0.1) is 5.82 Å². The van der Waals surface area contributed by atoms with Crippen molar-refractivity contribution in [2.45, 2.75) is 30.8 Å². The van der Waals surface area contributed by atoms with E-state index in [1.54, 1.807) is 41.1 Å². The van der Waals surface area contributed by atoms with Crippen LogP contribution in [0.3, 0.4) is 0 Å². The van der Waals surface area contributed by atoms with Crippen molar-refractivity contribution in [3.05, 3.63) is 94.3 Å². The van der Waals surface area contributed by atoms with Gasteiger partial charge in [-0.15, -0.1) is 0 Å². The topological polar surface area (TPSA) is 114 Å². The molecule has 1 fully saturated rings. The minimum atomic E-state index is -3.74. The molecule has 3 heterocycles. The fraction of sp³-hybridized carbons (Fsp3) is 0.259. The van der Waals surface area contributed by atoms with Crippen molar-refractivity contribution in [2.75, 3.05) is 24.5 Å². The molecule has 2 aromatic carbocycles. The molecule has 1 saturated heterocycles. The van der Waals surface area contributed by atoms with Crippen molar-refractivity contribution in [1.82, 2.24) is 13.9 Å². The van der Waals surface area contributed by atoms with Gasteiger partial charge in [0.25, 0.3) is 10.0 Å². The number of anilines is 1. The maximum absolute atomic E-state index is 15.4. The summed E-state index contributed by atoms with van der Waals surface area (Å²) in [5.74, 6) is -1.97. The summed E-state index contributed by atoms with van der Waals surface area (Å²) >= 11 is 0. The molecule has 1 aliphatic rings. The van der Waals surface area contributed by atoms with Crippen LogP contribution in [0.15, 0.2) is 76.8 Å². The van der Waals surface area contributed by atoms with Crippen molar-refractivity contribution in [3.63, 3.8) is 0 Å². The van der Waals surface area contributed by atoms with Gasteiger partial charge in [0.1, 0.15) is 11.4 Å². The number of fused-ring (bicyclic) bond motifs is 1. The second-order valence-electron chi connectivity index (χ2n) is 9.24. The quantitative estimate of drug-likeness (QED) is 0.371. The van der Waals surface area contributed by atoms with Crippen LogP contribution >= 0.6 is 0 Å². The molecule has 9 nitrogen and oxygen atoms in total. The van der Waals surface area contributed by atoms with Gasteiger partial charge in [-0.25, -0.2) is 21.6 Å². The van der Waals surface area contributed by atoms with Crippen LogP contribution in [0.2, 0.25) is 0 Å². The number of halogens is 1. The third-order valence-corrected chi connectivity index (χ3v) is 8.42. The lowest BCUT2D eigenvalue weighted by Gasteiger charge is -2.35. The number of carboxylic acid groups (broad SMARTS) is 1. The van der Waals surface area contributed by atoms with E-state index in [4.69, 9.17) is 0 Å². The van der Waals surface area contributed by atoms with Crippen LogP contribution in [0.1, 0.15) is 35.3 Å². The van der Waals surface area contributed by atoms with Crippen LogP contribution < -0.4 is 15.6 Å². The second-order valence-corrected chi connectivity index (χ2v) is 11.1. The molecular formula is C27H27FN4O5S. The first-order valence-corrected chi connectivity index (χ1v) is 13.7. The van der Waals surface area contributed by atoms with Crippen LogP contribution in [-0.4, -0.2) is 47.7 Å². The summed E-state index contributed by atoms with van der Waals surface area (Å²) in [4.78, 5) is 26.4. The van der Waals surface area contributed by atoms with Crippen molar-refractivity contribution >= 4 is 32.6 Å². The van der Waals surface area contributed by atoms with E-state index < -0.39 is 32.8 Å². The van der Waals surface area contributed by atoms with Gasteiger partial charge in [0.2, 0.25) is 5.43 Å². The average molecular weight is 539 g/mol. The predicted octanol–water partition coefficient (Wildman–Crippen LogP) is 3.44. The zero-order valence-electron chi connectivity index (χ0n) is 20.7. The van der Waals surface area contributed by atoms with Gasteiger partial charge in [0, 0.05) is 50.2 Å². The van der Waals surface area contributed by atoms with Crippen LogP contribution in [0.5, 0.6) is 0 Å². The largest absolute Gasteiger partial charge is 0.477 e. The van der Waals surface area contributed by atoms with E-state index in [-0.39, 0.29) is 16.3 Å². The molecular weight excluding hydrogens is 511 g/mol. The van der Waals surface area contributed by atoms with Crippen LogP contribution in [0.25, 0.3) is 10.9 Å². The number of aromatic nitrogens is 2. The first kappa shape index (κ1) is 25.7. The highest BCUT2D eigenvalue weighted by molar-refractivity contribution is 7.90. The van der Waals surface area contributed by atoms with Gasteiger partial charge in [-0.2, -0.15) is 0 Å². The minimum Gasteiger partial charge on any atom is -0.477 e. The normalized spacial score (nSPS) is 16.2. The van der Waals surface area contributed by atoms with Gasteiger partial charge >= 0.3 is 5.97 Å². The van der Waals surface area contributed by atoms with Crippen molar-refractivity contribution < 1.29 is 22.7 Å². The lowest BCUT2D eigenvalue weighted by molar-refractivity contribution is 0.0694. The molecule has 0 spiro atoms. The molecule has 1 atom stereocenters. The number of pyridine rings is 1. The molecule has 0 bridgehead atoms. The lowest BCUT2D eigenvalue weighted by Crippen LogP contribution is -2.46. The summed E-state index contributed by atoms with van der Waals surface area (Å²) in [7, 11) is -3.74. The van der Waals surface area contributed by atoms with E-state index in [1.807, 2.05) is 11.8 Å². The van der Waals surface area contributed by atoms with Gasteiger partial charge < -0.3 is 19.9 Å². The van der Waals surface area contributed by atoms with Gasteiger partial charge in [-0.05, 0) is 42.3 Å². The molecule has 1 aliphatic heterocycles. The van der Waals surface area contributed by atoms with Crippen molar-refractivity contribution in [2.24, 2.45) is 0 Å². The van der Waals surface area contributed by atoms with Gasteiger partial charge in [0.15, 0.2) is 0 Å². The number of rotatable bonds is 7. The van der Waals surface area contributed by atoms with Gasteiger partial charge in [-0.3, -0.25) is 4.79 Å². The Bertz CT molecular complexity index is 1680. The number of carboxylic acids is 1. The zero-order valence-corrected chi connectivity index (χ0v) is 21.5. The number of nitrogens with zero attached hydrogens (tertiary/aromatic N) is 3. The first-order chi connectivity index (χ1) is 18.2. The Morgan fingerprint density at radius 3 is 2.63 bits per heavy atom. The Kier molecular flexibility index (Phi) is 6.80. The number of aromatic carboxylic acids is 1. The Hall–Kier alpha value is -3.96. The van der Waals surface area contributed by atoms with E-state index in [0.29, 0.717) is 43.8 Å². The molecule has 38 heavy (non-hydrogen) atoms. The minimum absolute atomic E-state index is 0.0227. The SMILES string of the molecule is CCCn1cc(C(=O)O)c(=O)c2cc(F)c(N3CCNC(c4ccn(S(=O)(=O)c5ccccc5)c4)C3)cc21. The number of piperazine rings is 1. The molecule has 198 valence electrons. The number of nitrogens with one attached hydrogen (secondary N) is 1. The molecule has 5 rings (SSSR count). The Balaban J connectivity index is 1.48. The number of aryl methyl sites for hydroxylation is 1. The summed E-state index contributed by atoms with van der Waals surface area (Å²) in [6.07, 6.45) is 5.07. The summed E-state index contributed by atoms with van der Waals surface area (Å²) < 4.78 is 44.2. The highest BCUT2D eigenvalue weighted by Crippen LogP contribution is 2.29. The number of hydrogen-bond acceptors (Lipinski definition) is 6. The van der Waals surface area contributed by atoms with E-state index in [9.17, 15) is 23.1 Å². The van der Waals surface area contributed by atoms with Gasteiger partial charge in [-0.1, -0.05) is 25.1 Å². The smallest absolute Gasteiger partial charge is 0.341 e. The highest BCUT2D eigenvalue weighted by Gasteiger charge is 2.26. The maximum Gasteiger partial charge on any atom is 0.341 e. The molecule has 11 heteroatoms. The molecule has 0 saturated carbocycles. The summed E-state index contributed by atoms with van der Waals surface area (Å²) in [5.41, 5.74) is 0.394. The zero-order chi connectivity index (χ0) is 27.0. The first-order valence-electron chi connectivity index (χ1n) is 12.3. The monoisotopic (exact) mass is 538 g/mol. The molecule has 0 radical (unpaired) electrons. The molecule has 0 amide bonds. The molecule has 0 aliphatic carbocycles. The third kappa shape index (κ3) is 4.59. The molecule has 4 aromatic rings. The number of benzene rings is 2. The van der Waals surface area contributed by atoms with E-state index in [0.717, 1.165) is 11.6 Å². The van der Waals surface area contributed by atoms with Crippen molar-refractivity contribution in [1.29, 1.82) is 0 Å². The Labute approximate surface area is 218 Å². The molecule has 2 N–H and O–H groups in total. The third-order valence-electron chi connectivity index (χ3n) is 6.77. The predicted molar refractivity (Wildman–Crippen MR) is 142 cm³/mol. The highest BCUT2D eigenvalue weighted by atomic mass is 32.2. The summed E-state index contributed by atoms with van der Waals surface area (Å²) in [6.45, 7) is 3.78. The number of carbonyl (C=O) groups is 1. The number of hydrogen-bond donors (Lipinski definition) is 2.